The number of anilines is 1. The smallest absolute Gasteiger partial charge is 0.325 e. The first kappa shape index (κ1) is 19.5. The van der Waals surface area contributed by atoms with Gasteiger partial charge in [0.05, 0.1) is 0 Å². The summed E-state index contributed by atoms with van der Waals surface area (Å²) >= 11 is 5.82. The van der Waals surface area contributed by atoms with Gasteiger partial charge in [0.25, 0.3) is 11.8 Å². The van der Waals surface area contributed by atoms with Gasteiger partial charge in [0.1, 0.15) is 6.54 Å². The van der Waals surface area contributed by atoms with Gasteiger partial charge in [-0.25, -0.2) is 0 Å². The van der Waals surface area contributed by atoms with Crippen LogP contribution in [0.2, 0.25) is 5.02 Å². The van der Waals surface area contributed by atoms with Gasteiger partial charge in [0, 0.05) is 16.3 Å². The molecule has 0 aliphatic heterocycles. The second kappa shape index (κ2) is 9.01. The fourth-order valence-corrected chi connectivity index (χ4v) is 2.51. The number of hydrogen-bond donors (Lipinski definition) is 2. The third-order valence-corrected chi connectivity index (χ3v) is 3.58. The standard InChI is InChI=1S/C19H19ClN2O4/c1-12-6-13(2)8-14(7-12)19(25)21-10-18(24)26-11-17(23)22-16-5-3-4-15(20)9-16/h3-9H,10-11H2,1-2H3,(H,21,25)(H,22,23). The van der Waals surface area contributed by atoms with E-state index in [2.05, 4.69) is 10.6 Å². The molecule has 0 saturated heterocycles. The number of esters is 1. The van der Waals surface area contributed by atoms with E-state index in [-0.39, 0.29) is 12.5 Å². The first-order valence-corrected chi connectivity index (χ1v) is 8.29. The molecule has 0 aliphatic rings. The third-order valence-electron chi connectivity index (χ3n) is 3.35. The molecule has 0 saturated carbocycles. The van der Waals surface area contributed by atoms with Crippen LogP contribution >= 0.6 is 11.6 Å². The number of benzene rings is 2. The van der Waals surface area contributed by atoms with Crippen molar-refractivity contribution in [1.29, 1.82) is 0 Å². The van der Waals surface area contributed by atoms with Crippen LogP contribution in [-0.2, 0) is 14.3 Å². The maximum atomic E-state index is 12.1. The Balaban J connectivity index is 1.76. The summed E-state index contributed by atoms with van der Waals surface area (Å²) in [6, 6.07) is 12.0. The minimum Gasteiger partial charge on any atom is -0.454 e. The van der Waals surface area contributed by atoms with Crippen LogP contribution in [0.3, 0.4) is 0 Å². The largest absolute Gasteiger partial charge is 0.454 e. The van der Waals surface area contributed by atoms with Crippen molar-refractivity contribution in [2.75, 3.05) is 18.5 Å². The first-order chi connectivity index (χ1) is 12.3. The Labute approximate surface area is 156 Å². The molecule has 0 fully saturated rings. The van der Waals surface area contributed by atoms with Crippen LogP contribution in [0, 0.1) is 13.8 Å². The van der Waals surface area contributed by atoms with Gasteiger partial charge < -0.3 is 15.4 Å². The molecule has 0 radical (unpaired) electrons. The van der Waals surface area contributed by atoms with Crippen molar-refractivity contribution in [3.8, 4) is 0 Å². The molecule has 0 heterocycles. The average Bonchev–Trinajstić information content (AvgIpc) is 2.57. The monoisotopic (exact) mass is 374 g/mol. The number of amides is 2. The molecule has 2 N–H and O–H groups in total. The van der Waals surface area contributed by atoms with Gasteiger partial charge in [-0.1, -0.05) is 34.9 Å². The average molecular weight is 375 g/mol. The summed E-state index contributed by atoms with van der Waals surface area (Å²) in [5.74, 6) is -1.58. The summed E-state index contributed by atoms with van der Waals surface area (Å²) in [5.41, 5.74) is 2.88. The van der Waals surface area contributed by atoms with Gasteiger partial charge in [-0.3, -0.25) is 14.4 Å². The summed E-state index contributed by atoms with van der Waals surface area (Å²) < 4.78 is 4.84. The van der Waals surface area contributed by atoms with E-state index in [9.17, 15) is 14.4 Å². The summed E-state index contributed by atoms with van der Waals surface area (Å²) in [6.07, 6.45) is 0. The van der Waals surface area contributed by atoms with Crippen molar-refractivity contribution in [2.45, 2.75) is 13.8 Å². The third kappa shape index (κ3) is 6.22. The highest BCUT2D eigenvalue weighted by Crippen LogP contribution is 2.14. The van der Waals surface area contributed by atoms with Crippen LogP contribution in [0.1, 0.15) is 21.5 Å². The molecular weight excluding hydrogens is 356 g/mol. The maximum absolute atomic E-state index is 12.1. The SMILES string of the molecule is Cc1cc(C)cc(C(=O)NCC(=O)OCC(=O)Nc2cccc(Cl)c2)c1. The topological polar surface area (TPSA) is 84.5 Å². The number of rotatable bonds is 6. The number of halogens is 1. The Morgan fingerprint density at radius 1 is 1.04 bits per heavy atom. The van der Waals surface area contributed by atoms with Crippen LogP contribution in [0.5, 0.6) is 0 Å². The van der Waals surface area contributed by atoms with E-state index in [0.717, 1.165) is 11.1 Å². The number of carbonyl (C=O) groups is 3. The van der Waals surface area contributed by atoms with Gasteiger partial charge in [0.2, 0.25) is 0 Å². The molecule has 0 unspecified atom stereocenters. The minimum absolute atomic E-state index is 0.323. The summed E-state index contributed by atoms with van der Waals surface area (Å²) in [6.45, 7) is 2.99. The van der Waals surface area contributed by atoms with Crippen LogP contribution in [0.25, 0.3) is 0 Å². The predicted octanol–water partition coefficient (Wildman–Crippen LogP) is 2.87. The summed E-state index contributed by atoms with van der Waals surface area (Å²) in [4.78, 5) is 35.5. The lowest BCUT2D eigenvalue weighted by Gasteiger charge is -2.08. The van der Waals surface area contributed by atoms with Crippen molar-refractivity contribution in [2.24, 2.45) is 0 Å². The molecule has 6 nitrogen and oxygen atoms in total. The van der Waals surface area contributed by atoms with Crippen LogP contribution < -0.4 is 10.6 Å². The van der Waals surface area contributed by atoms with Crippen molar-refractivity contribution in [3.63, 3.8) is 0 Å². The molecule has 0 aromatic heterocycles. The summed E-state index contributed by atoms with van der Waals surface area (Å²) in [7, 11) is 0. The number of ether oxygens (including phenoxy) is 1. The second-order valence-corrected chi connectivity index (χ2v) is 6.21. The molecule has 136 valence electrons. The number of hydrogen-bond acceptors (Lipinski definition) is 4. The number of aryl methyl sites for hydroxylation is 2. The van der Waals surface area contributed by atoms with E-state index in [1.807, 2.05) is 19.9 Å². The van der Waals surface area contributed by atoms with E-state index in [1.165, 1.54) is 0 Å². The van der Waals surface area contributed by atoms with E-state index < -0.39 is 18.5 Å². The van der Waals surface area contributed by atoms with E-state index in [4.69, 9.17) is 16.3 Å². The lowest BCUT2D eigenvalue weighted by Crippen LogP contribution is -2.32. The quantitative estimate of drug-likeness (QED) is 0.761. The summed E-state index contributed by atoms with van der Waals surface area (Å²) in [5, 5.41) is 5.51. The number of nitrogens with one attached hydrogen (secondary N) is 2. The van der Waals surface area contributed by atoms with Gasteiger partial charge in [0.15, 0.2) is 6.61 Å². The fraction of sp³-hybridized carbons (Fsp3) is 0.211. The molecule has 2 amide bonds. The molecule has 7 heteroatoms. The zero-order valence-electron chi connectivity index (χ0n) is 14.5. The van der Waals surface area contributed by atoms with E-state index in [1.54, 1.807) is 36.4 Å². The molecule has 0 bridgehead atoms. The Hall–Kier alpha value is -2.86. The van der Waals surface area contributed by atoms with Crippen molar-refractivity contribution < 1.29 is 19.1 Å². The normalized spacial score (nSPS) is 10.1. The Kier molecular flexibility index (Phi) is 6.74. The van der Waals surface area contributed by atoms with Crippen LogP contribution in [0.15, 0.2) is 42.5 Å². The van der Waals surface area contributed by atoms with Crippen LogP contribution in [0.4, 0.5) is 5.69 Å². The second-order valence-electron chi connectivity index (χ2n) is 5.78. The van der Waals surface area contributed by atoms with Crippen LogP contribution in [-0.4, -0.2) is 30.9 Å². The van der Waals surface area contributed by atoms with E-state index >= 15 is 0 Å². The highest BCUT2D eigenvalue weighted by Gasteiger charge is 2.11. The first-order valence-electron chi connectivity index (χ1n) is 7.91. The Morgan fingerprint density at radius 3 is 2.38 bits per heavy atom. The highest BCUT2D eigenvalue weighted by atomic mass is 35.5. The zero-order valence-corrected chi connectivity index (χ0v) is 15.2. The molecule has 2 rings (SSSR count). The lowest BCUT2D eigenvalue weighted by molar-refractivity contribution is -0.146. The fourth-order valence-electron chi connectivity index (χ4n) is 2.32. The van der Waals surface area contributed by atoms with Crippen molar-refractivity contribution in [3.05, 3.63) is 64.2 Å². The molecular formula is C19H19ClN2O4. The van der Waals surface area contributed by atoms with Crippen molar-refractivity contribution in [1.82, 2.24) is 5.32 Å². The van der Waals surface area contributed by atoms with E-state index in [0.29, 0.717) is 16.3 Å². The minimum atomic E-state index is -0.705. The molecule has 0 aliphatic carbocycles. The highest BCUT2D eigenvalue weighted by molar-refractivity contribution is 6.30. The molecule has 0 atom stereocenters. The molecule has 2 aromatic carbocycles. The van der Waals surface area contributed by atoms with Gasteiger partial charge in [-0.05, 0) is 44.2 Å². The molecule has 26 heavy (non-hydrogen) atoms. The Morgan fingerprint density at radius 2 is 1.73 bits per heavy atom. The van der Waals surface area contributed by atoms with Gasteiger partial charge >= 0.3 is 5.97 Å². The molecule has 2 aromatic rings. The maximum Gasteiger partial charge on any atom is 0.325 e. The van der Waals surface area contributed by atoms with Gasteiger partial charge in [-0.2, -0.15) is 0 Å². The van der Waals surface area contributed by atoms with Crippen molar-refractivity contribution >= 4 is 35.1 Å². The van der Waals surface area contributed by atoms with Gasteiger partial charge in [-0.15, -0.1) is 0 Å². The molecule has 0 spiro atoms. The zero-order chi connectivity index (χ0) is 19.1. The Bertz CT molecular complexity index is 816. The predicted molar refractivity (Wildman–Crippen MR) is 99.3 cm³/mol. The number of carbonyl (C=O) groups excluding carboxylic acids is 3. The lowest BCUT2D eigenvalue weighted by atomic mass is 10.1.